The Hall–Kier alpha value is -2.16. The Morgan fingerprint density at radius 2 is 1.84 bits per heavy atom. The van der Waals surface area contributed by atoms with Crippen molar-refractivity contribution in [1.82, 2.24) is 0 Å². The van der Waals surface area contributed by atoms with E-state index in [4.69, 9.17) is 0 Å². The average Bonchev–Trinajstić information content (AvgIpc) is 2.40. The lowest BCUT2D eigenvalue weighted by atomic mass is 9.90. The van der Waals surface area contributed by atoms with Gasteiger partial charge in [-0.2, -0.15) is 0 Å². The highest BCUT2D eigenvalue weighted by Gasteiger charge is 2.23. The van der Waals surface area contributed by atoms with E-state index >= 15 is 0 Å². The average molecular weight is 255 g/mol. The molecule has 98 valence electrons. The van der Waals surface area contributed by atoms with E-state index in [1.54, 1.807) is 12.1 Å². The van der Waals surface area contributed by atoms with Crippen LogP contribution in [0.1, 0.15) is 18.1 Å². The Kier molecular flexibility index (Phi) is 2.63. The summed E-state index contributed by atoms with van der Waals surface area (Å²) in [5.74, 6) is -0.113. The number of hydrogen-bond acceptors (Lipinski definition) is 3. The van der Waals surface area contributed by atoms with Gasteiger partial charge in [0.05, 0.1) is 0 Å². The van der Waals surface area contributed by atoms with E-state index in [9.17, 15) is 10.2 Å². The van der Waals surface area contributed by atoms with E-state index in [0.29, 0.717) is 0 Å². The van der Waals surface area contributed by atoms with Gasteiger partial charge in [0.15, 0.2) is 11.5 Å². The number of para-hydroxylation sites is 1. The second-order valence-corrected chi connectivity index (χ2v) is 5.02. The molecule has 0 saturated carbocycles. The zero-order valence-electron chi connectivity index (χ0n) is 11.1. The minimum Gasteiger partial charge on any atom is -0.504 e. The molecule has 0 bridgehead atoms. The minimum absolute atomic E-state index is 0.0535. The first-order chi connectivity index (χ1) is 9.11. The molecular weight excluding hydrogens is 238 g/mol. The minimum atomic E-state index is -0.0591. The van der Waals surface area contributed by atoms with Crippen LogP contribution in [0.3, 0.4) is 0 Å². The lowest BCUT2D eigenvalue weighted by Gasteiger charge is -2.31. The highest BCUT2D eigenvalue weighted by atomic mass is 16.3. The molecule has 0 radical (unpaired) electrons. The first kappa shape index (κ1) is 11.9. The molecule has 2 aromatic carbocycles. The smallest absolute Gasteiger partial charge is 0.158 e. The molecule has 1 aliphatic heterocycles. The van der Waals surface area contributed by atoms with Crippen molar-refractivity contribution in [1.29, 1.82) is 0 Å². The van der Waals surface area contributed by atoms with Crippen molar-refractivity contribution < 1.29 is 10.2 Å². The summed E-state index contributed by atoms with van der Waals surface area (Å²) in [6.45, 7) is 2.89. The maximum atomic E-state index is 9.73. The summed E-state index contributed by atoms with van der Waals surface area (Å²) in [4.78, 5) is 2.20. The monoisotopic (exact) mass is 255 g/mol. The van der Waals surface area contributed by atoms with Crippen molar-refractivity contribution in [2.24, 2.45) is 0 Å². The molecule has 0 atom stereocenters. The van der Waals surface area contributed by atoms with Gasteiger partial charge in [-0.25, -0.2) is 0 Å². The number of phenols is 2. The van der Waals surface area contributed by atoms with Gasteiger partial charge in [-0.15, -0.1) is 0 Å². The quantitative estimate of drug-likeness (QED) is 0.769. The van der Waals surface area contributed by atoms with Crippen LogP contribution in [0.25, 0.3) is 11.1 Å². The summed E-state index contributed by atoms with van der Waals surface area (Å²) in [5.41, 5.74) is 5.71. The fourth-order valence-corrected chi connectivity index (χ4v) is 2.88. The molecule has 0 fully saturated rings. The Morgan fingerprint density at radius 1 is 1.11 bits per heavy atom. The van der Waals surface area contributed by atoms with Gasteiger partial charge < -0.3 is 15.1 Å². The SMILES string of the molecule is CCc1cccc2c1N(C)Cc1cc(O)c(O)cc1-2. The van der Waals surface area contributed by atoms with Crippen LogP contribution in [0, 0.1) is 0 Å². The van der Waals surface area contributed by atoms with Crippen molar-refractivity contribution in [3.63, 3.8) is 0 Å². The van der Waals surface area contributed by atoms with E-state index < -0.39 is 0 Å². The van der Waals surface area contributed by atoms with Gasteiger partial charge in [-0.05, 0) is 35.2 Å². The number of hydrogen-bond donors (Lipinski definition) is 2. The molecule has 0 aliphatic carbocycles. The number of nitrogens with zero attached hydrogens (tertiary/aromatic N) is 1. The topological polar surface area (TPSA) is 43.7 Å². The molecule has 0 spiro atoms. The second kappa shape index (κ2) is 4.19. The van der Waals surface area contributed by atoms with Crippen LogP contribution in [0.4, 0.5) is 5.69 Å². The molecule has 1 heterocycles. The van der Waals surface area contributed by atoms with E-state index in [1.807, 2.05) is 6.07 Å². The number of rotatable bonds is 1. The fraction of sp³-hybridized carbons (Fsp3) is 0.250. The van der Waals surface area contributed by atoms with Crippen LogP contribution in [0.2, 0.25) is 0 Å². The Balaban J connectivity index is 2.30. The maximum absolute atomic E-state index is 9.73. The molecule has 2 N–H and O–H groups in total. The van der Waals surface area contributed by atoms with E-state index in [2.05, 4.69) is 31.0 Å². The summed E-state index contributed by atoms with van der Waals surface area (Å²) in [6, 6.07) is 9.57. The summed E-state index contributed by atoms with van der Waals surface area (Å²) < 4.78 is 0. The molecule has 3 heteroatoms. The van der Waals surface area contributed by atoms with Gasteiger partial charge in [-0.1, -0.05) is 25.1 Å². The van der Waals surface area contributed by atoms with Gasteiger partial charge in [0, 0.05) is 24.8 Å². The number of aryl methyl sites for hydroxylation is 1. The van der Waals surface area contributed by atoms with Crippen LogP contribution in [0.15, 0.2) is 30.3 Å². The van der Waals surface area contributed by atoms with Crippen LogP contribution in [0.5, 0.6) is 11.5 Å². The zero-order valence-corrected chi connectivity index (χ0v) is 11.1. The molecule has 3 rings (SSSR count). The standard InChI is InChI=1S/C16H17NO2/c1-3-10-5-4-6-12-13-8-15(19)14(18)7-11(13)9-17(2)16(10)12/h4-8,18-19H,3,9H2,1-2H3. The molecule has 19 heavy (non-hydrogen) atoms. The van der Waals surface area contributed by atoms with E-state index in [0.717, 1.165) is 29.7 Å². The number of fused-ring (bicyclic) bond motifs is 3. The van der Waals surface area contributed by atoms with Crippen molar-refractivity contribution in [2.75, 3.05) is 11.9 Å². The van der Waals surface area contributed by atoms with E-state index in [1.165, 1.54) is 11.3 Å². The first-order valence-electron chi connectivity index (χ1n) is 6.50. The lowest BCUT2D eigenvalue weighted by molar-refractivity contribution is 0.403. The third-order valence-electron chi connectivity index (χ3n) is 3.78. The maximum Gasteiger partial charge on any atom is 0.158 e. The number of benzene rings is 2. The molecule has 2 aromatic rings. The van der Waals surface area contributed by atoms with Crippen LogP contribution in [-0.2, 0) is 13.0 Å². The van der Waals surface area contributed by atoms with Crippen molar-refractivity contribution >= 4 is 5.69 Å². The van der Waals surface area contributed by atoms with Crippen molar-refractivity contribution in [3.05, 3.63) is 41.5 Å². The van der Waals surface area contributed by atoms with Gasteiger partial charge in [0.1, 0.15) is 0 Å². The normalized spacial score (nSPS) is 13.1. The van der Waals surface area contributed by atoms with Crippen LogP contribution >= 0.6 is 0 Å². The summed E-state index contributed by atoms with van der Waals surface area (Å²) >= 11 is 0. The zero-order chi connectivity index (χ0) is 13.6. The summed E-state index contributed by atoms with van der Waals surface area (Å²) in [6.07, 6.45) is 0.979. The molecule has 0 amide bonds. The molecule has 0 aromatic heterocycles. The largest absolute Gasteiger partial charge is 0.504 e. The van der Waals surface area contributed by atoms with Gasteiger partial charge in [0.2, 0.25) is 0 Å². The highest BCUT2D eigenvalue weighted by molar-refractivity contribution is 5.86. The third-order valence-corrected chi connectivity index (χ3v) is 3.78. The Bertz CT molecular complexity index is 649. The van der Waals surface area contributed by atoms with E-state index in [-0.39, 0.29) is 11.5 Å². The third kappa shape index (κ3) is 1.73. The van der Waals surface area contributed by atoms with Gasteiger partial charge in [-0.3, -0.25) is 0 Å². The molecule has 1 aliphatic rings. The van der Waals surface area contributed by atoms with Gasteiger partial charge >= 0.3 is 0 Å². The fourth-order valence-electron chi connectivity index (χ4n) is 2.88. The Labute approximate surface area is 112 Å². The van der Waals surface area contributed by atoms with Crippen molar-refractivity contribution in [3.8, 4) is 22.6 Å². The Morgan fingerprint density at radius 3 is 2.58 bits per heavy atom. The predicted octanol–water partition coefficient (Wildman–Crippen LogP) is 3.28. The van der Waals surface area contributed by atoms with Crippen LogP contribution in [-0.4, -0.2) is 17.3 Å². The lowest BCUT2D eigenvalue weighted by Crippen LogP contribution is -2.22. The molecule has 0 saturated heterocycles. The predicted molar refractivity (Wildman–Crippen MR) is 76.7 cm³/mol. The number of anilines is 1. The first-order valence-corrected chi connectivity index (χ1v) is 6.50. The highest BCUT2D eigenvalue weighted by Crippen LogP contribution is 2.44. The molecule has 0 unspecified atom stereocenters. The van der Waals surface area contributed by atoms with Gasteiger partial charge in [0.25, 0.3) is 0 Å². The number of phenolic OH excluding ortho intramolecular Hbond substituents is 2. The summed E-state index contributed by atoms with van der Waals surface area (Å²) in [5, 5.41) is 19.4. The molecular formula is C16H17NO2. The van der Waals surface area contributed by atoms with Crippen LogP contribution < -0.4 is 4.90 Å². The molecule has 3 nitrogen and oxygen atoms in total. The second-order valence-electron chi connectivity index (χ2n) is 5.02. The van der Waals surface area contributed by atoms with Crippen molar-refractivity contribution in [2.45, 2.75) is 19.9 Å². The number of aromatic hydroxyl groups is 2. The summed E-state index contributed by atoms with van der Waals surface area (Å²) in [7, 11) is 2.06.